The quantitative estimate of drug-likeness (QED) is 0.799. The van der Waals surface area contributed by atoms with E-state index in [2.05, 4.69) is 25.3 Å². The van der Waals surface area contributed by atoms with Gasteiger partial charge in [0.05, 0.1) is 6.04 Å². The van der Waals surface area contributed by atoms with E-state index in [9.17, 15) is 4.79 Å². The first kappa shape index (κ1) is 15.7. The molecule has 6 nitrogen and oxygen atoms in total. The molecule has 1 amide bonds. The summed E-state index contributed by atoms with van der Waals surface area (Å²) in [5.74, 6) is 0.494. The number of nitrogens with one attached hydrogen (secondary N) is 1. The minimum atomic E-state index is -0.197. The van der Waals surface area contributed by atoms with Gasteiger partial charge in [0.2, 0.25) is 0 Å². The smallest absolute Gasteiger partial charge is 0.251 e. The van der Waals surface area contributed by atoms with Gasteiger partial charge in [-0.1, -0.05) is 0 Å². The van der Waals surface area contributed by atoms with Crippen LogP contribution in [0.3, 0.4) is 0 Å². The normalized spacial score (nSPS) is 11.8. The van der Waals surface area contributed by atoms with Crippen molar-refractivity contribution in [2.24, 2.45) is 0 Å². The number of amides is 1. The Kier molecular flexibility index (Phi) is 4.56. The predicted molar refractivity (Wildman–Crippen MR) is 90.1 cm³/mol. The molecule has 0 fully saturated rings. The Morgan fingerprint density at radius 1 is 1.04 bits per heavy atom. The second-order valence-corrected chi connectivity index (χ2v) is 5.40. The first-order valence-electron chi connectivity index (χ1n) is 7.60. The van der Waals surface area contributed by atoms with Gasteiger partial charge in [-0.15, -0.1) is 0 Å². The molecule has 0 spiro atoms. The fourth-order valence-electron chi connectivity index (χ4n) is 2.40. The van der Waals surface area contributed by atoms with Gasteiger partial charge in [0.25, 0.3) is 5.91 Å². The van der Waals surface area contributed by atoms with E-state index in [4.69, 9.17) is 0 Å². The average molecular weight is 319 g/mol. The van der Waals surface area contributed by atoms with Gasteiger partial charge < -0.3 is 5.32 Å². The first-order valence-corrected chi connectivity index (χ1v) is 7.60. The maximum absolute atomic E-state index is 12.2. The summed E-state index contributed by atoms with van der Waals surface area (Å²) >= 11 is 0. The van der Waals surface area contributed by atoms with Crippen LogP contribution in [-0.2, 0) is 0 Å². The molecule has 3 rings (SSSR count). The third-order valence-corrected chi connectivity index (χ3v) is 3.71. The lowest BCUT2D eigenvalue weighted by molar-refractivity contribution is 0.0939. The van der Waals surface area contributed by atoms with Gasteiger partial charge in [0.1, 0.15) is 0 Å². The third-order valence-electron chi connectivity index (χ3n) is 3.71. The van der Waals surface area contributed by atoms with Crippen molar-refractivity contribution in [3.8, 4) is 11.4 Å². The van der Waals surface area contributed by atoms with Gasteiger partial charge in [0, 0.05) is 53.4 Å². The molecule has 3 heterocycles. The standard InChI is InChI=1S/C18H17N5O/c1-12-16(11-21-17(22-12)14-3-7-19-8-4-14)13(2)23-18(24)15-5-9-20-10-6-15/h3-11,13H,1-2H3,(H,23,24). The molecule has 1 atom stereocenters. The Bertz CT molecular complexity index is 837. The summed E-state index contributed by atoms with van der Waals surface area (Å²) in [4.78, 5) is 29.1. The molecule has 120 valence electrons. The van der Waals surface area contributed by atoms with Crippen LogP contribution in [-0.4, -0.2) is 25.8 Å². The summed E-state index contributed by atoms with van der Waals surface area (Å²) in [6.45, 7) is 3.83. The largest absolute Gasteiger partial charge is 0.345 e. The summed E-state index contributed by atoms with van der Waals surface area (Å²) < 4.78 is 0. The van der Waals surface area contributed by atoms with E-state index >= 15 is 0 Å². The molecular formula is C18H17N5O. The minimum Gasteiger partial charge on any atom is -0.345 e. The second-order valence-electron chi connectivity index (χ2n) is 5.40. The molecule has 0 saturated carbocycles. The molecule has 1 N–H and O–H groups in total. The molecule has 6 heteroatoms. The second kappa shape index (κ2) is 6.95. The van der Waals surface area contributed by atoms with E-state index in [0.717, 1.165) is 16.8 Å². The van der Waals surface area contributed by atoms with Crippen molar-refractivity contribution in [1.82, 2.24) is 25.3 Å². The molecule has 1 unspecified atom stereocenters. The van der Waals surface area contributed by atoms with E-state index in [1.807, 2.05) is 26.0 Å². The number of rotatable bonds is 4. The van der Waals surface area contributed by atoms with E-state index < -0.39 is 0 Å². The number of carbonyl (C=O) groups is 1. The summed E-state index contributed by atoms with van der Waals surface area (Å²) in [6.07, 6.45) is 8.36. The summed E-state index contributed by atoms with van der Waals surface area (Å²) in [5.41, 5.74) is 3.20. The van der Waals surface area contributed by atoms with Gasteiger partial charge in [-0.05, 0) is 38.1 Å². The van der Waals surface area contributed by atoms with Gasteiger partial charge in [-0.25, -0.2) is 9.97 Å². The van der Waals surface area contributed by atoms with Crippen LogP contribution in [0.25, 0.3) is 11.4 Å². The van der Waals surface area contributed by atoms with Gasteiger partial charge in [-0.3, -0.25) is 14.8 Å². The maximum atomic E-state index is 12.2. The number of aromatic nitrogens is 4. The van der Waals surface area contributed by atoms with Crippen molar-refractivity contribution < 1.29 is 4.79 Å². The number of pyridine rings is 2. The summed E-state index contributed by atoms with van der Waals surface area (Å²) in [5, 5.41) is 2.96. The average Bonchev–Trinajstić information content (AvgIpc) is 2.63. The van der Waals surface area contributed by atoms with Crippen LogP contribution in [0.15, 0.2) is 55.2 Å². The Morgan fingerprint density at radius 3 is 2.29 bits per heavy atom. The van der Waals surface area contributed by atoms with E-state index in [1.54, 1.807) is 43.1 Å². The van der Waals surface area contributed by atoms with Crippen LogP contribution in [0.1, 0.15) is 34.6 Å². The first-order chi connectivity index (χ1) is 11.6. The lowest BCUT2D eigenvalue weighted by atomic mass is 10.1. The lowest BCUT2D eigenvalue weighted by Crippen LogP contribution is -2.27. The summed E-state index contributed by atoms with van der Waals surface area (Å²) in [6, 6.07) is 6.89. The zero-order valence-electron chi connectivity index (χ0n) is 13.5. The highest BCUT2D eigenvalue weighted by atomic mass is 16.1. The molecular weight excluding hydrogens is 302 g/mol. The Labute approximate surface area is 140 Å². The number of nitrogens with zero attached hydrogens (tertiary/aromatic N) is 4. The van der Waals surface area contributed by atoms with Crippen molar-refractivity contribution in [1.29, 1.82) is 0 Å². The zero-order valence-corrected chi connectivity index (χ0v) is 13.5. The highest BCUT2D eigenvalue weighted by Gasteiger charge is 2.15. The maximum Gasteiger partial charge on any atom is 0.251 e. The van der Waals surface area contributed by atoms with Gasteiger partial charge >= 0.3 is 0 Å². The molecule has 3 aromatic heterocycles. The van der Waals surface area contributed by atoms with Gasteiger partial charge in [0.15, 0.2) is 5.82 Å². The van der Waals surface area contributed by atoms with Crippen molar-refractivity contribution in [2.75, 3.05) is 0 Å². The monoisotopic (exact) mass is 319 g/mol. The molecule has 0 aliphatic heterocycles. The van der Waals surface area contributed by atoms with Crippen LogP contribution in [0.4, 0.5) is 0 Å². The Morgan fingerprint density at radius 2 is 1.67 bits per heavy atom. The molecule has 0 bridgehead atoms. The molecule has 0 aromatic carbocycles. The number of hydrogen-bond acceptors (Lipinski definition) is 5. The highest BCUT2D eigenvalue weighted by Crippen LogP contribution is 2.19. The lowest BCUT2D eigenvalue weighted by Gasteiger charge is -2.16. The van der Waals surface area contributed by atoms with Crippen molar-refractivity contribution in [3.63, 3.8) is 0 Å². The van der Waals surface area contributed by atoms with Crippen LogP contribution in [0, 0.1) is 6.92 Å². The van der Waals surface area contributed by atoms with Crippen molar-refractivity contribution >= 4 is 5.91 Å². The van der Waals surface area contributed by atoms with Crippen molar-refractivity contribution in [2.45, 2.75) is 19.9 Å². The highest BCUT2D eigenvalue weighted by molar-refractivity contribution is 5.94. The van der Waals surface area contributed by atoms with E-state index in [0.29, 0.717) is 11.4 Å². The van der Waals surface area contributed by atoms with Crippen LogP contribution < -0.4 is 5.32 Å². The number of carbonyl (C=O) groups excluding carboxylic acids is 1. The van der Waals surface area contributed by atoms with Crippen LogP contribution >= 0.6 is 0 Å². The third kappa shape index (κ3) is 3.43. The predicted octanol–water partition coefficient (Wildman–Crippen LogP) is 2.73. The minimum absolute atomic E-state index is 0.150. The Balaban J connectivity index is 1.78. The number of aryl methyl sites for hydroxylation is 1. The van der Waals surface area contributed by atoms with Crippen LogP contribution in [0.5, 0.6) is 0 Å². The molecule has 0 radical (unpaired) electrons. The molecule has 0 aliphatic rings. The molecule has 24 heavy (non-hydrogen) atoms. The zero-order chi connectivity index (χ0) is 16.9. The SMILES string of the molecule is Cc1nc(-c2ccncc2)ncc1C(C)NC(=O)c1ccncc1. The fourth-order valence-corrected chi connectivity index (χ4v) is 2.40. The summed E-state index contributed by atoms with van der Waals surface area (Å²) in [7, 11) is 0. The van der Waals surface area contributed by atoms with E-state index in [1.165, 1.54) is 0 Å². The fraction of sp³-hybridized carbons (Fsp3) is 0.167. The van der Waals surface area contributed by atoms with Crippen molar-refractivity contribution in [3.05, 3.63) is 72.1 Å². The Hall–Kier alpha value is -3.15. The molecule has 0 saturated heterocycles. The van der Waals surface area contributed by atoms with Crippen LogP contribution in [0.2, 0.25) is 0 Å². The van der Waals surface area contributed by atoms with Gasteiger partial charge in [-0.2, -0.15) is 0 Å². The molecule has 0 aliphatic carbocycles. The van der Waals surface area contributed by atoms with E-state index in [-0.39, 0.29) is 11.9 Å². The number of hydrogen-bond donors (Lipinski definition) is 1. The molecule has 3 aromatic rings. The topological polar surface area (TPSA) is 80.7 Å².